The molecule has 2 aromatic carbocycles. The zero-order valence-electron chi connectivity index (χ0n) is 13.5. The molecular weight excluding hydrogens is 359 g/mol. The third-order valence-electron chi connectivity index (χ3n) is 3.98. The first-order chi connectivity index (χ1) is 12.0. The highest BCUT2D eigenvalue weighted by atomic mass is 35.5. The van der Waals surface area contributed by atoms with Gasteiger partial charge in [0.1, 0.15) is 0 Å². The van der Waals surface area contributed by atoms with E-state index in [9.17, 15) is 4.79 Å². The lowest BCUT2D eigenvalue weighted by atomic mass is 10.1. The number of rotatable bonds is 5. The molecule has 0 amide bonds. The fraction of sp³-hybridized carbons (Fsp3) is 0.158. The zero-order chi connectivity index (χ0) is 18.0. The van der Waals surface area contributed by atoms with Crippen molar-refractivity contribution in [1.82, 2.24) is 9.78 Å². The fourth-order valence-corrected chi connectivity index (χ4v) is 3.26. The van der Waals surface area contributed by atoms with Crippen molar-refractivity contribution in [3.63, 3.8) is 0 Å². The van der Waals surface area contributed by atoms with Crippen LogP contribution in [-0.4, -0.2) is 20.9 Å². The minimum absolute atomic E-state index is 0.446. The van der Waals surface area contributed by atoms with Crippen LogP contribution in [0, 0.1) is 0 Å². The number of hydrogen-bond donors (Lipinski definition) is 1. The van der Waals surface area contributed by atoms with E-state index in [1.165, 1.54) is 0 Å². The molecule has 6 heteroatoms. The lowest BCUT2D eigenvalue weighted by Crippen LogP contribution is -2.03. The molecular formula is C19H16Cl2N2O2. The minimum Gasteiger partial charge on any atom is -0.478 e. The molecule has 0 saturated heterocycles. The van der Waals surface area contributed by atoms with Crippen molar-refractivity contribution in [3.05, 3.63) is 69.3 Å². The Morgan fingerprint density at radius 2 is 1.96 bits per heavy atom. The summed E-state index contributed by atoms with van der Waals surface area (Å²) in [6.07, 6.45) is 3.48. The van der Waals surface area contributed by atoms with Crippen LogP contribution in [0.25, 0.3) is 17.0 Å². The second-order valence-electron chi connectivity index (χ2n) is 5.61. The summed E-state index contributed by atoms with van der Waals surface area (Å²) in [7, 11) is 0. The highest BCUT2D eigenvalue weighted by Gasteiger charge is 2.13. The van der Waals surface area contributed by atoms with Crippen LogP contribution in [0.5, 0.6) is 0 Å². The van der Waals surface area contributed by atoms with Gasteiger partial charge in [0, 0.05) is 27.1 Å². The fourth-order valence-electron chi connectivity index (χ4n) is 2.75. The van der Waals surface area contributed by atoms with E-state index in [1.54, 1.807) is 18.2 Å². The third kappa shape index (κ3) is 3.70. The predicted molar refractivity (Wildman–Crippen MR) is 101 cm³/mol. The van der Waals surface area contributed by atoms with Crippen molar-refractivity contribution >= 4 is 46.2 Å². The first kappa shape index (κ1) is 17.5. The van der Waals surface area contributed by atoms with E-state index in [0.29, 0.717) is 16.6 Å². The van der Waals surface area contributed by atoms with Crippen molar-refractivity contribution in [2.75, 3.05) is 0 Å². The molecule has 128 valence electrons. The summed E-state index contributed by atoms with van der Waals surface area (Å²) < 4.78 is 1.86. The average Bonchev–Trinajstić information content (AvgIpc) is 2.93. The zero-order valence-corrected chi connectivity index (χ0v) is 15.1. The van der Waals surface area contributed by atoms with Gasteiger partial charge in [-0.1, -0.05) is 48.3 Å². The molecule has 0 aliphatic rings. The largest absolute Gasteiger partial charge is 0.478 e. The van der Waals surface area contributed by atoms with Crippen molar-refractivity contribution in [2.24, 2.45) is 0 Å². The van der Waals surface area contributed by atoms with Gasteiger partial charge >= 0.3 is 5.97 Å². The molecule has 4 nitrogen and oxygen atoms in total. The first-order valence-corrected chi connectivity index (χ1v) is 8.58. The monoisotopic (exact) mass is 374 g/mol. The first-order valence-electron chi connectivity index (χ1n) is 7.83. The lowest BCUT2D eigenvalue weighted by Gasteiger charge is -2.08. The molecule has 1 heterocycles. The number of carboxylic acid groups (broad SMARTS) is 1. The molecule has 1 aromatic heterocycles. The van der Waals surface area contributed by atoms with Crippen molar-refractivity contribution in [1.29, 1.82) is 0 Å². The van der Waals surface area contributed by atoms with E-state index < -0.39 is 5.97 Å². The van der Waals surface area contributed by atoms with Crippen LogP contribution in [-0.2, 0) is 17.8 Å². The minimum atomic E-state index is -0.981. The Morgan fingerprint density at radius 3 is 2.60 bits per heavy atom. The van der Waals surface area contributed by atoms with E-state index >= 15 is 0 Å². The van der Waals surface area contributed by atoms with Crippen molar-refractivity contribution in [2.45, 2.75) is 19.9 Å². The molecule has 0 fully saturated rings. The van der Waals surface area contributed by atoms with Gasteiger partial charge in [-0.25, -0.2) is 4.79 Å². The summed E-state index contributed by atoms with van der Waals surface area (Å²) >= 11 is 12.6. The summed E-state index contributed by atoms with van der Waals surface area (Å²) in [5.74, 6) is -0.981. The number of hydrogen-bond acceptors (Lipinski definition) is 2. The number of fused-ring (bicyclic) bond motifs is 1. The Balaban J connectivity index is 2.10. The van der Waals surface area contributed by atoms with E-state index in [2.05, 4.69) is 5.10 Å². The SMILES string of the molecule is CCc1nn(Cc2c(Cl)cccc2Cl)c2cc(C=CC(=O)O)ccc12. The molecule has 0 unspecified atom stereocenters. The number of halogens is 2. The number of nitrogens with zero attached hydrogens (tertiary/aromatic N) is 2. The van der Waals surface area contributed by atoms with Gasteiger partial charge in [0.15, 0.2) is 0 Å². The van der Waals surface area contributed by atoms with Crippen LogP contribution in [0.3, 0.4) is 0 Å². The molecule has 25 heavy (non-hydrogen) atoms. The number of aromatic nitrogens is 2. The molecule has 3 rings (SSSR count). The molecule has 1 N–H and O–H groups in total. The maximum Gasteiger partial charge on any atom is 0.328 e. The van der Waals surface area contributed by atoms with Crippen LogP contribution in [0.15, 0.2) is 42.5 Å². The van der Waals surface area contributed by atoms with Gasteiger partial charge in [-0.15, -0.1) is 0 Å². The number of aliphatic carboxylic acids is 1. The molecule has 3 aromatic rings. The molecule has 0 bridgehead atoms. The van der Waals surface area contributed by atoms with E-state index in [-0.39, 0.29) is 0 Å². The Kier molecular flexibility index (Phi) is 5.11. The number of carboxylic acids is 1. The molecule has 0 spiro atoms. The van der Waals surface area contributed by atoms with Gasteiger partial charge < -0.3 is 5.11 Å². The quantitative estimate of drug-likeness (QED) is 0.635. The van der Waals surface area contributed by atoms with Crippen molar-refractivity contribution in [3.8, 4) is 0 Å². The summed E-state index contributed by atoms with van der Waals surface area (Å²) in [6, 6.07) is 11.2. The Morgan fingerprint density at radius 1 is 1.24 bits per heavy atom. The summed E-state index contributed by atoms with van der Waals surface area (Å²) in [6.45, 7) is 2.49. The molecule has 0 atom stereocenters. The number of benzene rings is 2. The van der Waals surface area contributed by atoms with Gasteiger partial charge in [-0.2, -0.15) is 5.10 Å². The second-order valence-corrected chi connectivity index (χ2v) is 6.42. The van der Waals surface area contributed by atoms with Crippen LogP contribution in [0.4, 0.5) is 0 Å². The van der Waals surface area contributed by atoms with E-state index in [1.807, 2.05) is 35.9 Å². The highest BCUT2D eigenvalue weighted by molar-refractivity contribution is 6.36. The van der Waals surface area contributed by atoms with E-state index in [4.69, 9.17) is 28.3 Å². The van der Waals surface area contributed by atoms with E-state index in [0.717, 1.165) is 40.2 Å². The van der Waals surface area contributed by atoms with Crippen molar-refractivity contribution < 1.29 is 9.90 Å². The molecule has 0 saturated carbocycles. The summed E-state index contributed by atoms with van der Waals surface area (Å²) in [4.78, 5) is 10.7. The maximum absolute atomic E-state index is 10.7. The van der Waals surface area contributed by atoms with Gasteiger partial charge in [0.25, 0.3) is 0 Å². The molecule has 0 aliphatic carbocycles. The van der Waals surface area contributed by atoms with Gasteiger partial charge in [-0.05, 0) is 36.3 Å². The topological polar surface area (TPSA) is 55.1 Å². The lowest BCUT2D eigenvalue weighted by molar-refractivity contribution is -0.131. The van der Waals surface area contributed by atoms with Crippen LogP contribution in [0.1, 0.15) is 23.7 Å². The Bertz CT molecular complexity index is 957. The van der Waals surface area contributed by atoms with Gasteiger partial charge in [0.2, 0.25) is 0 Å². The normalized spacial score (nSPS) is 11.5. The maximum atomic E-state index is 10.7. The molecule has 0 radical (unpaired) electrons. The Labute approximate surface area is 155 Å². The third-order valence-corrected chi connectivity index (χ3v) is 4.68. The Hall–Kier alpha value is -2.30. The summed E-state index contributed by atoms with van der Waals surface area (Å²) in [5.41, 5.74) is 3.50. The average molecular weight is 375 g/mol. The van der Waals surface area contributed by atoms with Gasteiger partial charge in [-0.3, -0.25) is 4.68 Å². The summed E-state index contributed by atoms with van der Waals surface area (Å²) in [5, 5.41) is 15.7. The van der Waals surface area contributed by atoms with Crippen LogP contribution < -0.4 is 0 Å². The highest BCUT2D eigenvalue weighted by Crippen LogP contribution is 2.28. The standard InChI is InChI=1S/C19H16Cl2N2O2/c1-2-17-13-8-6-12(7-9-19(24)25)10-18(13)23(22-17)11-14-15(20)4-3-5-16(14)21/h3-10H,2,11H2,1H3,(H,24,25). The smallest absolute Gasteiger partial charge is 0.328 e. The van der Waals surface area contributed by atoms with Gasteiger partial charge in [0.05, 0.1) is 17.8 Å². The second kappa shape index (κ2) is 7.30. The number of carbonyl (C=O) groups is 1. The van der Waals surface area contributed by atoms with Crippen LogP contribution in [0.2, 0.25) is 10.0 Å². The number of aryl methyl sites for hydroxylation is 1. The predicted octanol–water partition coefficient (Wildman–Crippen LogP) is 5.05. The van der Waals surface area contributed by atoms with Crippen LogP contribution >= 0.6 is 23.2 Å². The molecule has 0 aliphatic heterocycles.